The van der Waals surface area contributed by atoms with Crippen molar-refractivity contribution in [2.45, 2.75) is 77.5 Å². The van der Waals surface area contributed by atoms with Crippen LogP contribution in [0.5, 0.6) is 0 Å². The van der Waals surface area contributed by atoms with Gasteiger partial charge in [0.2, 0.25) is 11.8 Å². The second kappa shape index (κ2) is 18.8. The fourth-order valence-corrected chi connectivity index (χ4v) is 12.0. The van der Waals surface area contributed by atoms with Gasteiger partial charge in [-0.2, -0.15) is 0 Å². The number of rotatable bonds is 10. The number of aromatic nitrogens is 5. The van der Waals surface area contributed by atoms with Crippen LogP contribution >= 0.6 is 0 Å². The molecule has 3 amide bonds. The first-order valence-electron chi connectivity index (χ1n) is 25.2. The highest BCUT2D eigenvalue weighted by molar-refractivity contribution is 6.00. The molecule has 0 radical (unpaired) electrons. The van der Waals surface area contributed by atoms with Crippen molar-refractivity contribution in [2.75, 3.05) is 64.2 Å². The van der Waals surface area contributed by atoms with Crippen molar-refractivity contribution in [3.05, 3.63) is 127 Å². The van der Waals surface area contributed by atoms with Crippen LogP contribution in [0.4, 0.5) is 10.1 Å². The lowest BCUT2D eigenvalue weighted by atomic mass is 9.92. The van der Waals surface area contributed by atoms with Gasteiger partial charge in [0, 0.05) is 144 Å². The molecule has 9 heterocycles. The molecule has 6 aromatic rings. The Bertz CT molecular complexity index is 3260. The normalized spacial score (nSPS) is 20.7. The molecule has 0 saturated carbocycles. The molecular weight excluding hydrogens is 902 g/mol. The van der Waals surface area contributed by atoms with Crippen LogP contribution < -0.4 is 21.9 Å². The summed E-state index contributed by atoms with van der Waals surface area (Å²) < 4.78 is 23.0. The SMILES string of the molecule is Cc1cc(C(=O)N2CCC(CN3CCN(Cc4ccc5c(c4)n(C)c(=O)n5[C@@H]4CCC(=O)NC4=O)C[C@@H]3C)CC2)cc(F)c1C1=CCN(Cc2cc3c(-n4ccc5c(c4=O)CCN5)ccnc3n2C)CC1. The van der Waals surface area contributed by atoms with Crippen molar-refractivity contribution in [1.82, 2.24) is 48.2 Å². The first-order chi connectivity index (χ1) is 34.3. The van der Waals surface area contributed by atoms with E-state index in [1.807, 2.05) is 61.5 Å². The summed E-state index contributed by atoms with van der Waals surface area (Å²) in [5, 5.41) is 6.59. The molecule has 2 atom stereocenters. The maximum absolute atomic E-state index is 16.1. The number of halogens is 1. The molecule has 3 fully saturated rings. The molecule has 17 heteroatoms. The van der Waals surface area contributed by atoms with Gasteiger partial charge in [-0.05, 0) is 111 Å². The van der Waals surface area contributed by atoms with Crippen molar-refractivity contribution in [2.24, 2.45) is 20.0 Å². The number of imidazole rings is 1. The number of hydrogen-bond acceptors (Lipinski definition) is 10. The Hall–Kier alpha value is -6.69. The standard InChI is InChI=1S/C54H62FN11O5/c1-33-25-38(27-42(55)49(33)37-13-18-61(19-14-37)32-39-28-41-44(10-17-57-50(41)59(39)3)65-22-15-43-40(53(65)70)9-16-56-43)52(69)63-20-11-35(12-21-63)31-64-24-23-62(29-34(64)2)30-36-5-6-45-47(26-36)60(4)54(71)66(45)46-7-8-48(67)58-51(46)68/h5-6,10,13,15,17,22,25-28,34-35,46,56H,7-9,11-12,14,16,18-21,23-24,29-32H2,1-4H3,(H,58,67,68)/t34-,46+/m0/s1. The van der Waals surface area contributed by atoms with Gasteiger partial charge in [-0.25, -0.2) is 14.2 Å². The Morgan fingerprint density at radius 2 is 1.69 bits per heavy atom. The number of imide groups is 1. The number of carbonyl (C=O) groups excluding carboxylic acids is 3. The summed E-state index contributed by atoms with van der Waals surface area (Å²) in [5.41, 5.74) is 9.47. The minimum atomic E-state index is -0.706. The van der Waals surface area contributed by atoms with Crippen LogP contribution in [0.1, 0.15) is 83.4 Å². The summed E-state index contributed by atoms with van der Waals surface area (Å²) in [6.07, 6.45) is 9.43. The molecule has 2 N–H and O–H groups in total. The van der Waals surface area contributed by atoms with Gasteiger partial charge in [0.15, 0.2) is 0 Å². The molecule has 5 aliphatic heterocycles. The molecule has 0 aliphatic carbocycles. The smallest absolute Gasteiger partial charge is 0.329 e. The third kappa shape index (κ3) is 8.71. The molecule has 5 aliphatic rings. The van der Waals surface area contributed by atoms with Gasteiger partial charge in [0.05, 0.1) is 16.7 Å². The van der Waals surface area contributed by atoms with Gasteiger partial charge >= 0.3 is 5.69 Å². The largest absolute Gasteiger partial charge is 0.384 e. The molecule has 0 bridgehead atoms. The molecule has 71 heavy (non-hydrogen) atoms. The minimum Gasteiger partial charge on any atom is -0.384 e. The second-order valence-corrected chi connectivity index (χ2v) is 20.5. The number of likely N-dealkylation sites (tertiary alicyclic amines) is 1. The maximum atomic E-state index is 16.1. The number of amides is 3. The first kappa shape index (κ1) is 46.7. The highest BCUT2D eigenvalue weighted by Gasteiger charge is 2.33. The molecule has 16 nitrogen and oxygen atoms in total. The number of fused-ring (bicyclic) bond motifs is 3. The molecule has 4 aromatic heterocycles. The van der Waals surface area contributed by atoms with Crippen molar-refractivity contribution in [3.63, 3.8) is 0 Å². The Kier molecular flexibility index (Phi) is 12.4. The van der Waals surface area contributed by atoms with E-state index in [4.69, 9.17) is 0 Å². The van der Waals surface area contributed by atoms with Crippen LogP contribution in [0.15, 0.2) is 76.6 Å². The zero-order valence-corrected chi connectivity index (χ0v) is 41.0. The van der Waals surface area contributed by atoms with Crippen LogP contribution in [0.25, 0.3) is 33.3 Å². The lowest BCUT2D eigenvalue weighted by molar-refractivity contribution is -0.135. The quantitative estimate of drug-likeness (QED) is 0.177. The zero-order chi connectivity index (χ0) is 49.2. The lowest BCUT2D eigenvalue weighted by Crippen LogP contribution is -2.53. The van der Waals surface area contributed by atoms with Gasteiger partial charge in [0.25, 0.3) is 11.5 Å². The van der Waals surface area contributed by atoms with Gasteiger partial charge in [-0.15, -0.1) is 0 Å². The predicted octanol–water partition coefficient (Wildman–Crippen LogP) is 5.12. The fourth-order valence-electron chi connectivity index (χ4n) is 12.0. The van der Waals surface area contributed by atoms with Crippen molar-refractivity contribution >= 4 is 51.0 Å². The monoisotopic (exact) mass is 963 g/mol. The molecule has 0 spiro atoms. The van der Waals surface area contributed by atoms with Crippen molar-refractivity contribution < 1.29 is 18.8 Å². The van der Waals surface area contributed by atoms with E-state index in [0.29, 0.717) is 74.0 Å². The highest BCUT2D eigenvalue weighted by Crippen LogP contribution is 2.33. The maximum Gasteiger partial charge on any atom is 0.329 e. The highest BCUT2D eigenvalue weighted by atomic mass is 19.1. The molecule has 0 unspecified atom stereocenters. The van der Waals surface area contributed by atoms with E-state index in [9.17, 15) is 24.0 Å². The Morgan fingerprint density at radius 1 is 0.859 bits per heavy atom. The van der Waals surface area contributed by atoms with E-state index in [1.54, 1.807) is 22.4 Å². The van der Waals surface area contributed by atoms with E-state index in [0.717, 1.165) is 115 Å². The van der Waals surface area contributed by atoms with Crippen LogP contribution in [0.3, 0.4) is 0 Å². The summed E-state index contributed by atoms with van der Waals surface area (Å²) in [4.78, 5) is 78.9. The number of piperidine rings is 2. The summed E-state index contributed by atoms with van der Waals surface area (Å²) in [6, 6.07) is 14.9. The van der Waals surface area contributed by atoms with Gasteiger partial charge in [-0.1, -0.05) is 12.1 Å². The van der Waals surface area contributed by atoms with E-state index in [1.165, 1.54) is 10.6 Å². The van der Waals surface area contributed by atoms with E-state index in [2.05, 4.69) is 54.0 Å². The van der Waals surface area contributed by atoms with Crippen LogP contribution in [-0.4, -0.2) is 126 Å². The number of aryl methyl sites for hydroxylation is 3. The minimum absolute atomic E-state index is 0.00121. The summed E-state index contributed by atoms with van der Waals surface area (Å²) in [7, 11) is 3.74. The van der Waals surface area contributed by atoms with E-state index in [-0.39, 0.29) is 35.3 Å². The molecular formula is C54H62FN11O5. The van der Waals surface area contributed by atoms with Crippen LogP contribution in [-0.2, 0) is 43.2 Å². The Labute approximate surface area is 411 Å². The number of carbonyl (C=O) groups is 3. The number of hydrogen-bond donors (Lipinski definition) is 2. The number of piperazine rings is 1. The number of pyridine rings is 2. The number of anilines is 1. The Balaban J connectivity index is 0.669. The second-order valence-electron chi connectivity index (χ2n) is 20.5. The predicted molar refractivity (Wildman–Crippen MR) is 271 cm³/mol. The lowest BCUT2D eigenvalue weighted by Gasteiger charge is -2.42. The Morgan fingerprint density at radius 3 is 2.45 bits per heavy atom. The summed E-state index contributed by atoms with van der Waals surface area (Å²) in [6.45, 7) is 12.8. The van der Waals surface area contributed by atoms with Crippen molar-refractivity contribution in [1.29, 1.82) is 0 Å². The summed E-state index contributed by atoms with van der Waals surface area (Å²) >= 11 is 0. The number of nitrogens with zero attached hydrogens (tertiary/aromatic N) is 9. The number of benzene rings is 2. The fraction of sp³-hybridized carbons (Fsp3) is 0.444. The average Bonchev–Trinajstić information content (AvgIpc) is 4.04. The van der Waals surface area contributed by atoms with Gasteiger partial charge in [-0.3, -0.25) is 52.9 Å². The molecule has 11 rings (SSSR count). The van der Waals surface area contributed by atoms with Crippen LogP contribution in [0, 0.1) is 18.7 Å². The van der Waals surface area contributed by atoms with E-state index < -0.39 is 11.9 Å². The molecule has 3 saturated heterocycles. The first-order valence-corrected chi connectivity index (χ1v) is 25.2. The topological polar surface area (TPSA) is 155 Å². The third-order valence-electron chi connectivity index (χ3n) is 16.0. The van der Waals surface area contributed by atoms with Gasteiger partial charge < -0.3 is 14.8 Å². The third-order valence-corrected chi connectivity index (χ3v) is 16.0. The summed E-state index contributed by atoms with van der Waals surface area (Å²) in [5.74, 6) is -0.735. The van der Waals surface area contributed by atoms with Gasteiger partial charge in [0.1, 0.15) is 17.5 Å². The molecule has 370 valence electrons. The van der Waals surface area contributed by atoms with Crippen molar-refractivity contribution in [3.8, 4) is 5.69 Å². The van der Waals surface area contributed by atoms with E-state index >= 15 is 4.39 Å². The zero-order valence-electron chi connectivity index (χ0n) is 41.0. The average molecular weight is 964 g/mol. The van der Waals surface area contributed by atoms with Crippen LogP contribution in [0.2, 0.25) is 0 Å². The molecule has 2 aromatic carbocycles. The number of nitrogens with one attached hydrogen (secondary N) is 2.